The maximum absolute atomic E-state index is 13.9. The SMILES string of the molecule is COc1ccc(-c2ccccc2C(=O)N2CCCC2(C)c2nc3c(C)c(C)ccc3[nH]2)cc1. The van der Waals surface area contributed by atoms with Crippen LogP contribution in [0.5, 0.6) is 5.75 Å². The number of carbonyl (C=O) groups is 1. The molecule has 1 fully saturated rings. The standard InChI is InChI=1S/C28H29N3O2/c1-18-10-15-24-25(19(18)2)30-27(29-24)28(3)16-7-17-31(28)26(32)23-9-6-5-8-22(23)20-11-13-21(33-4)14-12-20/h5-6,8-15H,7,16-17H2,1-4H3,(H,29,30). The van der Waals surface area contributed by atoms with E-state index in [4.69, 9.17) is 9.72 Å². The smallest absolute Gasteiger partial charge is 0.255 e. The molecule has 1 saturated heterocycles. The van der Waals surface area contributed by atoms with Crippen LogP contribution in [0.3, 0.4) is 0 Å². The molecule has 168 valence electrons. The monoisotopic (exact) mass is 439 g/mol. The Hall–Kier alpha value is -3.60. The van der Waals surface area contributed by atoms with Gasteiger partial charge in [0.1, 0.15) is 11.6 Å². The summed E-state index contributed by atoms with van der Waals surface area (Å²) >= 11 is 0. The molecule has 2 heterocycles. The normalized spacial score (nSPS) is 18.1. The van der Waals surface area contributed by atoms with Crippen molar-refractivity contribution in [3.05, 3.63) is 83.2 Å². The molecule has 1 N–H and O–H groups in total. The van der Waals surface area contributed by atoms with Crippen LogP contribution in [-0.4, -0.2) is 34.4 Å². The van der Waals surface area contributed by atoms with Crippen LogP contribution in [0.4, 0.5) is 0 Å². The number of hydrogen-bond acceptors (Lipinski definition) is 3. The number of fused-ring (bicyclic) bond motifs is 1. The fourth-order valence-corrected chi connectivity index (χ4v) is 4.94. The molecule has 33 heavy (non-hydrogen) atoms. The van der Waals surface area contributed by atoms with E-state index < -0.39 is 5.54 Å². The lowest BCUT2D eigenvalue weighted by Gasteiger charge is -2.34. The van der Waals surface area contributed by atoms with E-state index in [0.717, 1.165) is 46.6 Å². The molecule has 0 bridgehead atoms. The van der Waals surface area contributed by atoms with Crippen molar-refractivity contribution in [1.29, 1.82) is 0 Å². The van der Waals surface area contributed by atoms with E-state index in [-0.39, 0.29) is 5.91 Å². The number of nitrogens with one attached hydrogen (secondary N) is 1. The van der Waals surface area contributed by atoms with Gasteiger partial charge in [-0.25, -0.2) is 4.98 Å². The Balaban J connectivity index is 1.55. The van der Waals surface area contributed by atoms with E-state index in [2.05, 4.69) is 37.9 Å². The van der Waals surface area contributed by atoms with E-state index in [1.807, 2.05) is 53.4 Å². The number of likely N-dealkylation sites (tertiary alicyclic amines) is 1. The Morgan fingerprint density at radius 3 is 2.58 bits per heavy atom. The van der Waals surface area contributed by atoms with Crippen LogP contribution in [0.25, 0.3) is 22.2 Å². The van der Waals surface area contributed by atoms with Crippen molar-refractivity contribution in [3.8, 4) is 16.9 Å². The predicted octanol–water partition coefficient (Wildman–Crippen LogP) is 6.01. The van der Waals surface area contributed by atoms with Gasteiger partial charge in [-0.3, -0.25) is 4.79 Å². The minimum absolute atomic E-state index is 0.0368. The molecule has 4 aromatic rings. The van der Waals surface area contributed by atoms with Crippen molar-refractivity contribution < 1.29 is 9.53 Å². The molecular weight excluding hydrogens is 410 g/mol. The first-order chi connectivity index (χ1) is 15.9. The number of aromatic nitrogens is 2. The van der Waals surface area contributed by atoms with Crippen molar-refractivity contribution in [3.63, 3.8) is 0 Å². The zero-order chi connectivity index (χ0) is 23.2. The van der Waals surface area contributed by atoms with Gasteiger partial charge in [0.2, 0.25) is 0 Å². The number of methoxy groups -OCH3 is 1. The first kappa shape index (κ1) is 21.3. The summed E-state index contributed by atoms with van der Waals surface area (Å²) in [6, 6.07) is 19.9. The minimum atomic E-state index is -0.483. The van der Waals surface area contributed by atoms with Gasteiger partial charge >= 0.3 is 0 Å². The third-order valence-corrected chi connectivity index (χ3v) is 7.13. The molecule has 1 amide bonds. The fourth-order valence-electron chi connectivity index (χ4n) is 4.94. The van der Waals surface area contributed by atoms with Gasteiger partial charge in [0, 0.05) is 12.1 Å². The zero-order valence-electron chi connectivity index (χ0n) is 19.6. The second-order valence-electron chi connectivity index (χ2n) is 9.10. The summed E-state index contributed by atoms with van der Waals surface area (Å²) in [5.74, 6) is 1.69. The number of hydrogen-bond donors (Lipinski definition) is 1. The van der Waals surface area contributed by atoms with E-state index in [0.29, 0.717) is 12.1 Å². The molecule has 1 aliphatic rings. The topological polar surface area (TPSA) is 58.2 Å². The molecule has 0 radical (unpaired) electrons. The fraction of sp³-hybridized carbons (Fsp3) is 0.286. The highest BCUT2D eigenvalue weighted by molar-refractivity contribution is 6.01. The van der Waals surface area contributed by atoms with Gasteiger partial charge in [-0.15, -0.1) is 0 Å². The Morgan fingerprint density at radius 2 is 1.82 bits per heavy atom. The summed E-state index contributed by atoms with van der Waals surface area (Å²) in [4.78, 5) is 24.5. The number of ether oxygens (including phenoxy) is 1. The quantitative estimate of drug-likeness (QED) is 0.424. The first-order valence-electron chi connectivity index (χ1n) is 11.4. The van der Waals surface area contributed by atoms with E-state index in [1.165, 1.54) is 11.1 Å². The number of carbonyl (C=O) groups excluding carboxylic acids is 1. The molecule has 1 aromatic heterocycles. The van der Waals surface area contributed by atoms with E-state index >= 15 is 0 Å². The van der Waals surface area contributed by atoms with Gasteiger partial charge in [0.05, 0.1) is 23.7 Å². The number of rotatable bonds is 4. The summed E-state index contributed by atoms with van der Waals surface area (Å²) in [6.07, 6.45) is 1.82. The van der Waals surface area contributed by atoms with Crippen molar-refractivity contribution >= 4 is 16.9 Å². The lowest BCUT2D eigenvalue weighted by molar-refractivity contribution is 0.0607. The van der Waals surface area contributed by atoms with Gasteiger partial charge in [-0.2, -0.15) is 0 Å². The molecule has 5 rings (SSSR count). The van der Waals surface area contributed by atoms with Crippen molar-refractivity contribution in [1.82, 2.24) is 14.9 Å². The maximum atomic E-state index is 13.9. The summed E-state index contributed by atoms with van der Waals surface area (Å²) < 4.78 is 5.30. The molecule has 3 aromatic carbocycles. The second kappa shape index (κ2) is 8.07. The van der Waals surface area contributed by atoms with Crippen LogP contribution in [0, 0.1) is 13.8 Å². The molecule has 0 aliphatic carbocycles. The summed E-state index contributed by atoms with van der Waals surface area (Å²) in [6.45, 7) is 7.05. The highest BCUT2D eigenvalue weighted by Gasteiger charge is 2.44. The van der Waals surface area contributed by atoms with Gasteiger partial charge in [0.15, 0.2) is 0 Å². The Labute approximate surface area is 194 Å². The summed E-state index contributed by atoms with van der Waals surface area (Å²) in [7, 11) is 1.65. The van der Waals surface area contributed by atoms with E-state index in [9.17, 15) is 4.79 Å². The first-order valence-corrected chi connectivity index (χ1v) is 11.4. The lowest BCUT2D eigenvalue weighted by atomic mass is 9.95. The Bertz CT molecular complexity index is 1340. The number of imidazole rings is 1. The van der Waals surface area contributed by atoms with Crippen LogP contribution in [0.15, 0.2) is 60.7 Å². The molecule has 0 saturated carbocycles. The molecule has 5 nitrogen and oxygen atoms in total. The molecule has 1 aliphatic heterocycles. The van der Waals surface area contributed by atoms with Gasteiger partial charge in [0.25, 0.3) is 5.91 Å². The number of benzene rings is 3. The molecule has 5 heteroatoms. The summed E-state index contributed by atoms with van der Waals surface area (Å²) in [5.41, 5.74) is 6.56. The van der Waals surface area contributed by atoms with Crippen LogP contribution in [0.1, 0.15) is 47.1 Å². The highest BCUT2D eigenvalue weighted by Crippen LogP contribution is 2.40. The Morgan fingerprint density at radius 1 is 1.06 bits per heavy atom. The molecule has 1 atom stereocenters. The second-order valence-corrected chi connectivity index (χ2v) is 9.10. The van der Waals surface area contributed by atoms with Crippen LogP contribution < -0.4 is 4.74 Å². The third-order valence-electron chi connectivity index (χ3n) is 7.13. The predicted molar refractivity (Wildman–Crippen MR) is 132 cm³/mol. The van der Waals surface area contributed by atoms with Crippen LogP contribution in [-0.2, 0) is 5.54 Å². The third kappa shape index (κ3) is 3.48. The number of H-pyrrole nitrogens is 1. The minimum Gasteiger partial charge on any atom is -0.497 e. The number of amides is 1. The van der Waals surface area contributed by atoms with Crippen molar-refractivity contribution in [2.75, 3.05) is 13.7 Å². The highest BCUT2D eigenvalue weighted by atomic mass is 16.5. The number of nitrogens with zero attached hydrogens (tertiary/aromatic N) is 2. The van der Waals surface area contributed by atoms with Gasteiger partial charge < -0.3 is 14.6 Å². The van der Waals surface area contributed by atoms with Gasteiger partial charge in [-0.1, -0.05) is 36.4 Å². The van der Waals surface area contributed by atoms with Crippen LogP contribution >= 0.6 is 0 Å². The lowest BCUT2D eigenvalue weighted by Crippen LogP contribution is -2.43. The van der Waals surface area contributed by atoms with E-state index in [1.54, 1.807) is 7.11 Å². The Kier molecular flexibility index (Phi) is 5.20. The molecule has 0 spiro atoms. The van der Waals surface area contributed by atoms with Crippen molar-refractivity contribution in [2.45, 2.75) is 39.2 Å². The molecular formula is C28H29N3O2. The number of aryl methyl sites for hydroxylation is 2. The molecule has 1 unspecified atom stereocenters. The maximum Gasteiger partial charge on any atom is 0.255 e. The number of aromatic amines is 1. The zero-order valence-corrected chi connectivity index (χ0v) is 19.6. The average molecular weight is 440 g/mol. The van der Waals surface area contributed by atoms with Crippen molar-refractivity contribution in [2.24, 2.45) is 0 Å². The average Bonchev–Trinajstić information content (AvgIpc) is 3.46. The largest absolute Gasteiger partial charge is 0.497 e. The van der Waals surface area contributed by atoms with Crippen LogP contribution in [0.2, 0.25) is 0 Å². The summed E-state index contributed by atoms with van der Waals surface area (Å²) in [5, 5.41) is 0. The van der Waals surface area contributed by atoms with Gasteiger partial charge in [-0.05, 0) is 80.1 Å².